The van der Waals surface area contributed by atoms with E-state index >= 15 is 0 Å². The van der Waals surface area contributed by atoms with Gasteiger partial charge >= 0.3 is 6.18 Å². The fraction of sp³-hybridized carbons (Fsp3) is 0.684. The summed E-state index contributed by atoms with van der Waals surface area (Å²) in [6.45, 7) is 6.23. The molecule has 0 atom stereocenters. The minimum atomic E-state index is -4.24. The highest BCUT2D eigenvalue weighted by Gasteiger charge is 2.34. The van der Waals surface area contributed by atoms with Gasteiger partial charge in [0.1, 0.15) is 0 Å². The summed E-state index contributed by atoms with van der Waals surface area (Å²) in [6.07, 6.45) is 3.79. The van der Waals surface area contributed by atoms with Crippen molar-refractivity contribution in [2.75, 3.05) is 0 Å². The molecule has 1 aromatic carbocycles. The summed E-state index contributed by atoms with van der Waals surface area (Å²) in [5.74, 6) is 0. The Labute approximate surface area is 133 Å². The Kier molecular flexibility index (Phi) is 7.98. The fourth-order valence-corrected chi connectivity index (χ4v) is 2.91. The number of hydrogen-bond acceptors (Lipinski definition) is 0. The monoisotopic (exact) mass is 314 g/mol. The average Bonchev–Trinajstić information content (AvgIpc) is 2.47. The molecule has 3 heteroatoms. The first-order chi connectivity index (χ1) is 10.5. The first-order valence-electron chi connectivity index (χ1n) is 8.66. The van der Waals surface area contributed by atoms with Crippen LogP contribution in [0.4, 0.5) is 13.2 Å². The van der Waals surface area contributed by atoms with E-state index in [1.807, 2.05) is 6.92 Å². The third kappa shape index (κ3) is 5.33. The molecule has 0 aliphatic heterocycles. The van der Waals surface area contributed by atoms with E-state index in [1.165, 1.54) is 6.07 Å². The van der Waals surface area contributed by atoms with Crippen molar-refractivity contribution in [2.45, 2.75) is 84.7 Å². The lowest BCUT2D eigenvalue weighted by molar-refractivity contribution is -0.138. The van der Waals surface area contributed by atoms with E-state index in [0.29, 0.717) is 12.0 Å². The number of unbranched alkanes of at least 4 members (excludes halogenated alkanes) is 3. The molecule has 0 saturated heterocycles. The highest BCUT2D eigenvalue weighted by molar-refractivity contribution is 5.43. The van der Waals surface area contributed by atoms with Gasteiger partial charge in [-0.2, -0.15) is 13.2 Å². The van der Waals surface area contributed by atoms with Gasteiger partial charge in [0.2, 0.25) is 0 Å². The lowest BCUT2D eigenvalue weighted by Crippen LogP contribution is -2.13. The van der Waals surface area contributed by atoms with Crippen molar-refractivity contribution in [3.05, 3.63) is 34.4 Å². The summed E-state index contributed by atoms with van der Waals surface area (Å²) in [5.41, 5.74) is 2.27. The van der Waals surface area contributed by atoms with Crippen LogP contribution < -0.4 is 0 Å². The van der Waals surface area contributed by atoms with Crippen molar-refractivity contribution < 1.29 is 13.2 Å². The molecule has 1 rings (SSSR count). The lowest BCUT2D eigenvalue weighted by atomic mass is 9.87. The predicted molar refractivity (Wildman–Crippen MR) is 87.3 cm³/mol. The van der Waals surface area contributed by atoms with Gasteiger partial charge in [0.15, 0.2) is 0 Å². The topological polar surface area (TPSA) is 0 Å². The second-order valence-corrected chi connectivity index (χ2v) is 6.04. The first-order valence-corrected chi connectivity index (χ1v) is 8.66. The number of rotatable bonds is 9. The third-order valence-electron chi connectivity index (χ3n) is 4.19. The van der Waals surface area contributed by atoms with Gasteiger partial charge in [-0.05, 0) is 61.3 Å². The second kappa shape index (κ2) is 9.22. The van der Waals surface area contributed by atoms with Crippen LogP contribution in [0.1, 0.15) is 81.5 Å². The van der Waals surface area contributed by atoms with Gasteiger partial charge in [0.05, 0.1) is 5.56 Å². The summed E-state index contributed by atoms with van der Waals surface area (Å²) >= 11 is 0. The second-order valence-electron chi connectivity index (χ2n) is 6.04. The molecule has 0 heterocycles. The quantitative estimate of drug-likeness (QED) is 0.474. The number of benzene rings is 1. The average molecular weight is 314 g/mol. The zero-order chi connectivity index (χ0) is 16.6. The van der Waals surface area contributed by atoms with Crippen molar-refractivity contribution >= 4 is 0 Å². The van der Waals surface area contributed by atoms with E-state index < -0.39 is 11.7 Å². The Morgan fingerprint density at radius 1 is 0.727 bits per heavy atom. The van der Waals surface area contributed by atoms with E-state index in [-0.39, 0.29) is 0 Å². The molecule has 0 amide bonds. The number of hydrogen-bond donors (Lipinski definition) is 0. The molecule has 1 aromatic rings. The molecule has 22 heavy (non-hydrogen) atoms. The fourth-order valence-electron chi connectivity index (χ4n) is 2.91. The largest absolute Gasteiger partial charge is 0.416 e. The Morgan fingerprint density at radius 3 is 1.73 bits per heavy atom. The van der Waals surface area contributed by atoms with Crippen LogP contribution in [0.3, 0.4) is 0 Å². The molecule has 126 valence electrons. The van der Waals surface area contributed by atoms with Crippen LogP contribution in [0.5, 0.6) is 0 Å². The third-order valence-corrected chi connectivity index (χ3v) is 4.19. The number of aryl methyl sites for hydroxylation is 1. The van der Waals surface area contributed by atoms with Crippen LogP contribution in [0, 0.1) is 0 Å². The SMILES string of the molecule is CCCCc1ccc(C(F)(F)F)c(CCCC)c1CCCC. The molecule has 0 nitrogen and oxygen atoms in total. The standard InChI is InChI=1S/C19H29F3/c1-4-7-10-15-13-14-18(19(20,21)22)17(12-9-6-3)16(15)11-8-5-2/h13-14H,4-12H2,1-3H3. The number of halogens is 3. The minimum absolute atomic E-state index is 0.410. The molecule has 0 fully saturated rings. The molecule has 0 unspecified atom stereocenters. The molecule has 0 aromatic heterocycles. The van der Waals surface area contributed by atoms with Crippen LogP contribution in [-0.2, 0) is 25.4 Å². The molecule has 0 aliphatic rings. The van der Waals surface area contributed by atoms with Gasteiger partial charge in [-0.15, -0.1) is 0 Å². The van der Waals surface area contributed by atoms with E-state index in [9.17, 15) is 13.2 Å². The van der Waals surface area contributed by atoms with Gasteiger partial charge in [-0.25, -0.2) is 0 Å². The van der Waals surface area contributed by atoms with Crippen molar-refractivity contribution in [3.8, 4) is 0 Å². The van der Waals surface area contributed by atoms with E-state index in [0.717, 1.165) is 62.5 Å². The summed E-state index contributed by atoms with van der Waals surface area (Å²) in [5, 5.41) is 0. The highest BCUT2D eigenvalue weighted by atomic mass is 19.4. The van der Waals surface area contributed by atoms with Crippen LogP contribution in [-0.4, -0.2) is 0 Å². The minimum Gasteiger partial charge on any atom is -0.166 e. The Bertz CT molecular complexity index is 447. The normalized spacial score (nSPS) is 11.9. The first kappa shape index (κ1) is 19.1. The predicted octanol–water partition coefficient (Wildman–Crippen LogP) is 6.73. The zero-order valence-corrected chi connectivity index (χ0v) is 14.2. The Hall–Kier alpha value is -0.990. The van der Waals surface area contributed by atoms with Crippen LogP contribution in [0.2, 0.25) is 0 Å². The van der Waals surface area contributed by atoms with Crippen molar-refractivity contribution in [1.29, 1.82) is 0 Å². The molecule has 0 N–H and O–H groups in total. The summed E-state index contributed by atoms with van der Waals surface area (Å²) in [7, 11) is 0. The zero-order valence-electron chi connectivity index (χ0n) is 14.2. The van der Waals surface area contributed by atoms with Crippen molar-refractivity contribution in [1.82, 2.24) is 0 Å². The Morgan fingerprint density at radius 2 is 1.23 bits per heavy atom. The van der Waals surface area contributed by atoms with Gasteiger partial charge in [-0.3, -0.25) is 0 Å². The van der Waals surface area contributed by atoms with Crippen molar-refractivity contribution in [3.63, 3.8) is 0 Å². The van der Waals surface area contributed by atoms with Gasteiger partial charge in [-0.1, -0.05) is 46.1 Å². The smallest absolute Gasteiger partial charge is 0.166 e. The summed E-state index contributed by atoms with van der Waals surface area (Å²) in [4.78, 5) is 0. The molecular formula is C19H29F3. The molecule has 0 aliphatic carbocycles. The Balaban J connectivity index is 3.30. The summed E-state index contributed by atoms with van der Waals surface area (Å²) < 4.78 is 40.1. The highest BCUT2D eigenvalue weighted by Crippen LogP contribution is 2.36. The van der Waals surface area contributed by atoms with Crippen LogP contribution >= 0.6 is 0 Å². The van der Waals surface area contributed by atoms with Gasteiger partial charge < -0.3 is 0 Å². The van der Waals surface area contributed by atoms with Crippen molar-refractivity contribution in [2.24, 2.45) is 0 Å². The van der Waals surface area contributed by atoms with Crippen LogP contribution in [0.15, 0.2) is 12.1 Å². The maximum absolute atomic E-state index is 13.4. The van der Waals surface area contributed by atoms with Gasteiger partial charge in [0.25, 0.3) is 0 Å². The molecule has 0 saturated carbocycles. The maximum Gasteiger partial charge on any atom is 0.416 e. The van der Waals surface area contributed by atoms with E-state index in [4.69, 9.17) is 0 Å². The summed E-state index contributed by atoms with van der Waals surface area (Å²) in [6, 6.07) is 3.03. The maximum atomic E-state index is 13.4. The molecule has 0 bridgehead atoms. The van der Waals surface area contributed by atoms with Gasteiger partial charge in [0, 0.05) is 0 Å². The lowest BCUT2D eigenvalue weighted by Gasteiger charge is -2.20. The molecular weight excluding hydrogens is 285 g/mol. The molecule has 0 radical (unpaired) electrons. The van der Waals surface area contributed by atoms with E-state index in [2.05, 4.69) is 13.8 Å². The van der Waals surface area contributed by atoms with Crippen LogP contribution in [0.25, 0.3) is 0 Å². The molecule has 0 spiro atoms. The van der Waals surface area contributed by atoms with E-state index in [1.54, 1.807) is 6.07 Å². The number of alkyl halides is 3.